The van der Waals surface area contributed by atoms with Crippen LogP contribution in [0.15, 0.2) is 22.8 Å². The third kappa shape index (κ3) is 3.83. The Hall–Kier alpha value is -2.12. The van der Waals surface area contributed by atoms with Gasteiger partial charge in [-0.25, -0.2) is 4.79 Å². The van der Waals surface area contributed by atoms with Gasteiger partial charge in [-0.05, 0) is 52.3 Å². The molecule has 3 heterocycles. The van der Waals surface area contributed by atoms with Crippen molar-refractivity contribution in [1.82, 2.24) is 0 Å². The van der Waals surface area contributed by atoms with Gasteiger partial charge in [-0.15, -0.1) is 11.3 Å². The first kappa shape index (κ1) is 18.7. The number of amides is 1. The van der Waals surface area contributed by atoms with Crippen LogP contribution in [0.1, 0.15) is 72.1 Å². The van der Waals surface area contributed by atoms with Crippen LogP contribution in [0.3, 0.4) is 0 Å². The average Bonchev–Trinajstić information content (AvgIpc) is 3.12. The fraction of sp³-hybridized carbons (Fsp3) is 0.474. The highest BCUT2D eigenvalue weighted by molar-refractivity contribution is 7.17. The minimum Gasteiger partial charge on any atom is -0.459 e. The van der Waals surface area contributed by atoms with Crippen molar-refractivity contribution in [2.24, 2.45) is 0 Å². The van der Waals surface area contributed by atoms with E-state index < -0.39 is 17.5 Å². The summed E-state index contributed by atoms with van der Waals surface area (Å²) in [6, 6.07) is 3.21. The monoisotopic (exact) mass is 377 g/mol. The average molecular weight is 377 g/mol. The molecular formula is C19H23NO5S. The standard InChI is InChI=1S/C19H23NO5S/c1-10-9-12-14(18(22)25-19(3,4)5)17(26-15(12)11(2)24-10)20-16(21)13-7-6-8-23-13/h6-8,10-11H,9H2,1-5H3,(H,20,21). The van der Waals surface area contributed by atoms with Crippen LogP contribution in [0.4, 0.5) is 5.00 Å². The van der Waals surface area contributed by atoms with Crippen LogP contribution < -0.4 is 5.32 Å². The molecule has 0 aromatic carbocycles. The molecule has 1 amide bonds. The molecule has 0 radical (unpaired) electrons. The Bertz CT molecular complexity index is 816. The number of carbonyl (C=O) groups is 2. The first-order valence-corrected chi connectivity index (χ1v) is 9.36. The van der Waals surface area contributed by atoms with E-state index in [0.717, 1.165) is 10.4 Å². The minimum atomic E-state index is -0.628. The fourth-order valence-electron chi connectivity index (χ4n) is 2.97. The van der Waals surface area contributed by atoms with Crippen LogP contribution in [0, 0.1) is 0 Å². The number of hydrogen-bond donors (Lipinski definition) is 1. The highest BCUT2D eigenvalue weighted by Gasteiger charge is 2.34. The van der Waals surface area contributed by atoms with E-state index in [-0.39, 0.29) is 18.0 Å². The summed E-state index contributed by atoms with van der Waals surface area (Å²) in [6.45, 7) is 9.37. The molecule has 2 aromatic rings. The molecule has 0 bridgehead atoms. The molecule has 1 N–H and O–H groups in total. The number of thiophene rings is 1. The van der Waals surface area contributed by atoms with Crippen LogP contribution in [0.5, 0.6) is 0 Å². The molecule has 0 spiro atoms. The Balaban J connectivity index is 2.01. The van der Waals surface area contributed by atoms with Gasteiger partial charge in [0.05, 0.1) is 24.0 Å². The second kappa shape index (κ2) is 6.89. The summed E-state index contributed by atoms with van der Waals surface area (Å²) >= 11 is 1.35. The number of fused-ring (bicyclic) bond motifs is 1. The number of furan rings is 1. The summed E-state index contributed by atoms with van der Waals surface area (Å²) in [5.74, 6) is -0.657. The summed E-state index contributed by atoms with van der Waals surface area (Å²) in [4.78, 5) is 26.2. The summed E-state index contributed by atoms with van der Waals surface area (Å²) in [7, 11) is 0. The largest absolute Gasteiger partial charge is 0.459 e. The molecule has 2 unspecified atom stereocenters. The molecule has 0 aliphatic carbocycles. The van der Waals surface area contributed by atoms with Gasteiger partial charge in [0.2, 0.25) is 0 Å². The van der Waals surface area contributed by atoms with Gasteiger partial charge in [-0.3, -0.25) is 4.79 Å². The molecule has 2 aromatic heterocycles. The maximum Gasteiger partial charge on any atom is 0.341 e. The Morgan fingerprint density at radius 1 is 1.31 bits per heavy atom. The molecule has 140 valence electrons. The molecule has 0 saturated heterocycles. The molecule has 0 fully saturated rings. The maximum absolute atomic E-state index is 12.9. The van der Waals surface area contributed by atoms with Crippen molar-refractivity contribution in [2.75, 3.05) is 5.32 Å². The van der Waals surface area contributed by atoms with Gasteiger partial charge < -0.3 is 19.2 Å². The molecule has 0 saturated carbocycles. The lowest BCUT2D eigenvalue weighted by Gasteiger charge is -2.26. The predicted molar refractivity (Wildman–Crippen MR) is 98.8 cm³/mol. The zero-order valence-corrected chi connectivity index (χ0v) is 16.4. The van der Waals surface area contributed by atoms with E-state index in [0.29, 0.717) is 17.0 Å². The number of rotatable bonds is 3. The lowest BCUT2D eigenvalue weighted by atomic mass is 9.98. The van der Waals surface area contributed by atoms with Crippen molar-refractivity contribution in [3.63, 3.8) is 0 Å². The number of carbonyl (C=O) groups excluding carboxylic acids is 2. The Morgan fingerprint density at radius 3 is 2.65 bits per heavy atom. The van der Waals surface area contributed by atoms with Gasteiger partial charge >= 0.3 is 5.97 Å². The first-order chi connectivity index (χ1) is 12.2. The van der Waals surface area contributed by atoms with E-state index in [2.05, 4.69) is 5.32 Å². The van der Waals surface area contributed by atoms with Gasteiger partial charge in [0, 0.05) is 11.3 Å². The minimum absolute atomic E-state index is 0.0121. The quantitative estimate of drug-likeness (QED) is 0.793. The Labute approximate surface area is 156 Å². The van der Waals surface area contributed by atoms with Crippen molar-refractivity contribution in [1.29, 1.82) is 0 Å². The molecule has 26 heavy (non-hydrogen) atoms. The third-order valence-electron chi connectivity index (χ3n) is 3.91. The van der Waals surface area contributed by atoms with Crippen LogP contribution in [-0.2, 0) is 15.9 Å². The normalized spacial score (nSPS) is 19.7. The molecule has 2 atom stereocenters. The van der Waals surface area contributed by atoms with E-state index in [1.807, 2.05) is 34.6 Å². The van der Waals surface area contributed by atoms with Gasteiger partial charge in [0.25, 0.3) is 5.91 Å². The number of anilines is 1. The zero-order chi connectivity index (χ0) is 19.1. The maximum atomic E-state index is 12.9. The second-order valence-corrected chi connectivity index (χ2v) is 8.43. The third-order valence-corrected chi connectivity index (χ3v) is 5.22. The van der Waals surface area contributed by atoms with Crippen molar-refractivity contribution in [3.8, 4) is 0 Å². The van der Waals surface area contributed by atoms with Crippen molar-refractivity contribution >= 4 is 28.2 Å². The predicted octanol–water partition coefficient (Wildman–Crippen LogP) is 4.57. The van der Waals surface area contributed by atoms with Gasteiger partial charge in [0.15, 0.2) is 5.76 Å². The summed E-state index contributed by atoms with van der Waals surface area (Å²) in [6.07, 6.45) is 1.87. The van der Waals surface area contributed by atoms with Crippen LogP contribution in [0.25, 0.3) is 0 Å². The zero-order valence-electron chi connectivity index (χ0n) is 15.5. The number of ether oxygens (including phenoxy) is 2. The molecule has 3 rings (SSSR count). The van der Waals surface area contributed by atoms with E-state index >= 15 is 0 Å². The van der Waals surface area contributed by atoms with Crippen LogP contribution in [0.2, 0.25) is 0 Å². The summed E-state index contributed by atoms with van der Waals surface area (Å²) in [5, 5.41) is 3.27. The topological polar surface area (TPSA) is 77.8 Å². The van der Waals surface area contributed by atoms with Gasteiger partial charge in [-0.2, -0.15) is 0 Å². The summed E-state index contributed by atoms with van der Waals surface area (Å²) < 4.78 is 16.6. The van der Waals surface area contributed by atoms with Crippen LogP contribution >= 0.6 is 11.3 Å². The van der Waals surface area contributed by atoms with Crippen molar-refractivity contribution in [2.45, 2.75) is 58.8 Å². The lowest BCUT2D eigenvalue weighted by molar-refractivity contribution is -0.00384. The fourth-order valence-corrected chi connectivity index (χ4v) is 4.17. The van der Waals surface area contributed by atoms with E-state index in [9.17, 15) is 9.59 Å². The molecule has 1 aliphatic heterocycles. The highest BCUT2D eigenvalue weighted by Crippen LogP contribution is 2.43. The first-order valence-electron chi connectivity index (χ1n) is 8.55. The lowest BCUT2D eigenvalue weighted by Crippen LogP contribution is -2.27. The SMILES string of the molecule is CC1Cc2c(sc(NC(=O)c3ccco3)c2C(=O)OC(C)(C)C)C(C)O1. The highest BCUT2D eigenvalue weighted by atomic mass is 32.1. The van der Waals surface area contributed by atoms with E-state index in [4.69, 9.17) is 13.9 Å². The second-order valence-electron chi connectivity index (χ2n) is 7.38. The molecule has 1 aliphatic rings. The Kier molecular flexibility index (Phi) is 4.94. The molecular weight excluding hydrogens is 354 g/mol. The molecule has 6 nitrogen and oxygen atoms in total. The van der Waals surface area contributed by atoms with Gasteiger partial charge in [-0.1, -0.05) is 0 Å². The van der Waals surface area contributed by atoms with Gasteiger partial charge in [0.1, 0.15) is 10.6 Å². The van der Waals surface area contributed by atoms with E-state index in [1.54, 1.807) is 12.1 Å². The number of nitrogens with one attached hydrogen (secondary N) is 1. The number of hydrogen-bond acceptors (Lipinski definition) is 6. The van der Waals surface area contributed by atoms with Crippen LogP contribution in [-0.4, -0.2) is 23.6 Å². The smallest absolute Gasteiger partial charge is 0.341 e. The van der Waals surface area contributed by atoms with Crippen molar-refractivity contribution < 1.29 is 23.5 Å². The van der Waals surface area contributed by atoms with E-state index in [1.165, 1.54) is 17.6 Å². The number of esters is 1. The Morgan fingerprint density at radius 2 is 2.04 bits per heavy atom. The van der Waals surface area contributed by atoms with Crippen molar-refractivity contribution in [3.05, 3.63) is 40.2 Å². The molecule has 7 heteroatoms. The summed E-state index contributed by atoms with van der Waals surface area (Å²) in [5.41, 5.74) is 0.684.